The van der Waals surface area contributed by atoms with Gasteiger partial charge in [-0.1, -0.05) is 55.5 Å². The highest BCUT2D eigenvalue weighted by atomic mass is 16.5. The summed E-state index contributed by atoms with van der Waals surface area (Å²) in [6.07, 6.45) is 2.85. The van der Waals surface area contributed by atoms with Crippen LogP contribution in [0.15, 0.2) is 72.9 Å². The van der Waals surface area contributed by atoms with Crippen molar-refractivity contribution in [3.63, 3.8) is 0 Å². The number of fused-ring (bicyclic) bond motifs is 1. The molecule has 0 saturated carbocycles. The molecule has 4 aromatic rings. The molecule has 0 saturated heterocycles. The van der Waals surface area contributed by atoms with Gasteiger partial charge in [0.2, 0.25) is 17.7 Å². The SMILES string of the molecule is CCc1c(C)n(CC(=O)N[C@@H](Cc2ccccc2)C(=O)N(C)c2ccc(OC)nc2)c2ccccc12. The summed E-state index contributed by atoms with van der Waals surface area (Å²) in [5.74, 6) is 0.0362. The third kappa shape index (κ3) is 5.25. The van der Waals surface area contributed by atoms with Crippen LogP contribution in [0, 0.1) is 6.92 Å². The summed E-state index contributed by atoms with van der Waals surface area (Å²) in [6, 6.07) is 20.6. The zero-order chi connectivity index (χ0) is 25.7. The van der Waals surface area contributed by atoms with E-state index in [0.717, 1.165) is 28.6 Å². The Morgan fingerprint density at radius 1 is 1.06 bits per heavy atom. The summed E-state index contributed by atoms with van der Waals surface area (Å²) < 4.78 is 7.15. The number of anilines is 1. The fraction of sp³-hybridized carbons (Fsp3) is 0.276. The minimum atomic E-state index is -0.736. The van der Waals surface area contributed by atoms with Gasteiger partial charge in [0.25, 0.3) is 0 Å². The van der Waals surface area contributed by atoms with Crippen molar-refractivity contribution in [1.29, 1.82) is 0 Å². The van der Waals surface area contributed by atoms with E-state index in [2.05, 4.69) is 23.3 Å². The van der Waals surface area contributed by atoms with E-state index in [-0.39, 0.29) is 18.4 Å². The van der Waals surface area contributed by atoms with Crippen LogP contribution in [0.1, 0.15) is 23.7 Å². The normalized spacial score (nSPS) is 11.8. The Hall–Kier alpha value is -4.13. The first-order chi connectivity index (χ1) is 17.4. The van der Waals surface area contributed by atoms with Crippen molar-refractivity contribution in [3.8, 4) is 5.88 Å². The van der Waals surface area contributed by atoms with Gasteiger partial charge < -0.3 is 19.5 Å². The first-order valence-corrected chi connectivity index (χ1v) is 12.1. The Morgan fingerprint density at radius 2 is 1.78 bits per heavy atom. The van der Waals surface area contributed by atoms with Crippen molar-refractivity contribution in [2.24, 2.45) is 0 Å². The van der Waals surface area contributed by atoms with E-state index >= 15 is 0 Å². The van der Waals surface area contributed by atoms with Gasteiger partial charge in [-0.2, -0.15) is 0 Å². The minimum Gasteiger partial charge on any atom is -0.481 e. The van der Waals surface area contributed by atoms with Crippen LogP contribution in [0.2, 0.25) is 0 Å². The quantitative estimate of drug-likeness (QED) is 0.384. The molecule has 0 fully saturated rings. The Morgan fingerprint density at radius 3 is 2.44 bits per heavy atom. The predicted molar refractivity (Wildman–Crippen MR) is 142 cm³/mol. The molecule has 2 aromatic heterocycles. The smallest absolute Gasteiger partial charge is 0.249 e. The van der Waals surface area contributed by atoms with Crippen molar-refractivity contribution >= 4 is 28.4 Å². The molecule has 1 N–H and O–H groups in total. The molecule has 2 heterocycles. The Kier molecular flexibility index (Phi) is 7.68. The maximum Gasteiger partial charge on any atom is 0.249 e. The number of hydrogen-bond donors (Lipinski definition) is 1. The first-order valence-electron chi connectivity index (χ1n) is 12.1. The number of amides is 2. The molecule has 0 spiro atoms. The van der Waals surface area contributed by atoms with Gasteiger partial charge in [-0.25, -0.2) is 4.98 Å². The molecule has 4 rings (SSSR count). The summed E-state index contributed by atoms with van der Waals surface area (Å²) in [6.45, 7) is 4.31. The van der Waals surface area contributed by atoms with Gasteiger partial charge in [-0.15, -0.1) is 0 Å². The summed E-state index contributed by atoms with van der Waals surface area (Å²) >= 11 is 0. The average Bonchev–Trinajstić information content (AvgIpc) is 3.18. The van der Waals surface area contributed by atoms with Crippen LogP contribution in [0.3, 0.4) is 0 Å². The highest BCUT2D eigenvalue weighted by Gasteiger charge is 2.26. The summed E-state index contributed by atoms with van der Waals surface area (Å²) in [7, 11) is 3.23. The lowest BCUT2D eigenvalue weighted by atomic mass is 10.0. The fourth-order valence-electron chi connectivity index (χ4n) is 4.64. The molecule has 2 amide bonds. The van der Waals surface area contributed by atoms with Crippen molar-refractivity contribution in [1.82, 2.24) is 14.9 Å². The number of aryl methyl sites for hydroxylation is 1. The standard InChI is InChI=1S/C29H32N4O3/c1-5-23-20(2)33(26-14-10-9-13-24(23)26)19-27(34)31-25(17-21-11-7-6-8-12-21)29(35)32(3)22-15-16-28(36-4)30-18-22/h6-16,18,25H,5,17,19H2,1-4H3,(H,31,34)/t25-/m0/s1. The second-order valence-electron chi connectivity index (χ2n) is 8.79. The zero-order valence-electron chi connectivity index (χ0n) is 21.2. The molecule has 7 heteroatoms. The zero-order valence-corrected chi connectivity index (χ0v) is 21.2. The topological polar surface area (TPSA) is 76.5 Å². The molecule has 36 heavy (non-hydrogen) atoms. The van der Waals surface area contributed by atoms with Gasteiger partial charge in [-0.05, 0) is 36.6 Å². The molecule has 0 radical (unpaired) electrons. The molecule has 186 valence electrons. The highest BCUT2D eigenvalue weighted by molar-refractivity contribution is 5.99. The van der Waals surface area contributed by atoms with E-state index in [4.69, 9.17) is 4.74 Å². The van der Waals surface area contributed by atoms with E-state index in [1.54, 1.807) is 32.5 Å². The Balaban J connectivity index is 1.58. The van der Waals surface area contributed by atoms with E-state index in [1.807, 2.05) is 60.0 Å². The highest BCUT2D eigenvalue weighted by Crippen LogP contribution is 2.26. The molecule has 2 aromatic carbocycles. The largest absolute Gasteiger partial charge is 0.481 e. The van der Waals surface area contributed by atoms with Gasteiger partial charge >= 0.3 is 0 Å². The first kappa shape index (κ1) is 25.0. The van der Waals surface area contributed by atoms with Crippen molar-refractivity contribution in [3.05, 3.63) is 89.7 Å². The Bertz CT molecular complexity index is 1350. The number of para-hydroxylation sites is 1. The molecule has 0 unspecified atom stereocenters. The van der Waals surface area contributed by atoms with Gasteiger partial charge in [-0.3, -0.25) is 9.59 Å². The molecule has 0 aliphatic rings. The number of pyridine rings is 1. The summed E-state index contributed by atoms with van der Waals surface area (Å²) in [5.41, 5.74) is 4.92. The van der Waals surface area contributed by atoms with Crippen LogP contribution < -0.4 is 15.0 Å². The van der Waals surface area contributed by atoms with Gasteiger partial charge in [0.05, 0.1) is 19.0 Å². The van der Waals surface area contributed by atoms with Crippen LogP contribution >= 0.6 is 0 Å². The van der Waals surface area contributed by atoms with E-state index in [9.17, 15) is 9.59 Å². The van der Waals surface area contributed by atoms with E-state index < -0.39 is 6.04 Å². The molecule has 1 atom stereocenters. The number of carbonyl (C=O) groups is 2. The fourth-order valence-corrected chi connectivity index (χ4v) is 4.64. The second kappa shape index (κ2) is 11.1. The molecular weight excluding hydrogens is 452 g/mol. The molecular formula is C29H32N4O3. The number of benzene rings is 2. The van der Waals surface area contributed by atoms with Crippen LogP contribution in [0.25, 0.3) is 10.9 Å². The molecule has 0 bridgehead atoms. The van der Waals surface area contributed by atoms with Crippen molar-refractivity contribution in [2.45, 2.75) is 39.3 Å². The van der Waals surface area contributed by atoms with E-state index in [0.29, 0.717) is 18.0 Å². The van der Waals surface area contributed by atoms with Crippen LogP contribution in [-0.2, 0) is 29.0 Å². The Labute approximate surface area is 211 Å². The lowest BCUT2D eigenvalue weighted by Gasteiger charge is -2.25. The number of likely N-dealkylation sites (N-methyl/N-ethyl adjacent to an activating group) is 1. The summed E-state index contributed by atoms with van der Waals surface area (Å²) in [5, 5.41) is 4.17. The van der Waals surface area contributed by atoms with Crippen LogP contribution in [0.5, 0.6) is 5.88 Å². The third-order valence-corrected chi connectivity index (χ3v) is 6.58. The second-order valence-corrected chi connectivity index (χ2v) is 8.79. The van der Waals surface area contributed by atoms with Crippen molar-refractivity contribution < 1.29 is 14.3 Å². The van der Waals surface area contributed by atoms with E-state index in [1.165, 1.54) is 10.5 Å². The third-order valence-electron chi connectivity index (χ3n) is 6.58. The minimum absolute atomic E-state index is 0.138. The number of hydrogen-bond acceptors (Lipinski definition) is 4. The van der Waals surface area contributed by atoms with Crippen LogP contribution in [0.4, 0.5) is 5.69 Å². The monoisotopic (exact) mass is 484 g/mol. The van der Waals surface area contributed by atoms with Gasteiger partial charge in [0.15, 0.2) is 0 Å². The molecule has 7 nitrogen and oxygen atoms in total. The number of rotatable bonds is 9. The lowest BCUT2D eigenvalue weighted by molar-refractivity contribution is -0.127. The molecule has 0 aliphatic carbocycles. The van der Waals surface area contributed by atoms with Gasteiger partial charge in [0.1, 0.15) is 12.6 Å². The molecule has 0 aliphatic heterocycles. The lowest BCUT2D eigenvalue weighted by Crippen LogP contribution is -2.49. The van der Waals surface area contributed by atoms with Gasteiger partial charge in [0, 0.05) is 36.1 Å². The number of aromatic nitrogens is 2. The maximum atomic E-state index is 13.6. The number of methoxy groups -OCH3 is 1. The number of nitrogens with zero attached hydrogens (tertiary/aromatic N) is 3. The summed E-state index contributed by atoms with van der Waals surface area (Å²) in [4.78, 5) is 32.6. The van der Waals surface area contributed by atoms with Crippen molar-refractivity contribution in [2.75, 3.05) is 19.1 Å². The number of ether oxygens (including phenoxy) is 1. The number of nitrogens with one attached hydrogen (secondary N) is 1. The predicted octanol–water partition coefficient (Wildman–Crippen LogP) is 4.31. The van der Waals surface area contributed by atoms with Crippen LogP contribution in [-0.4, -0.2) is 41.6 Å². The number of carbonyl (C=O) groups excluding carboxylic acids is 2. The maximum absolute atomic E-state index is 13.6. The average molecular weight is 485 g/mol.